The quantitative estimate of drug-likeness (QED) is 0.386. The van der Waals surface area contributed by atoms with Gasteiger partial charge in [-0.15, -0.1) is 11.8 Å². The topological polar surface area (TPSA) is 0 Å². The summed E-state index contributed by atoms with van der Waals surface area (Å²) < 4.78 is 0. The van der Waals surface area contributed by atoms with Gasteiger partial charge in [-0.1, -0.05) is 0 Å². The first kappa shape index (κ1) is 3.74. The van der Waals surface area contributed by atoms with E-state index in [4.69, 9.17) is 0 Å². The summed E-state index contributed by atoms with van der Waals surface area (Å²) in [4.78, 5) is 0. The van der Waals surface area contributed by atoms with Crippen molar-refractivity contribution in [2.45, 2.75) is 19.8 Å². The van der Waals surface area contributed by atoms with E-state index in [1.165, 1.54) is 12.8 Å². The maximum Gasteiger partial charge on any atom is 0.0203 e. The molecule has 0 atom stereocenters. The summed E-state index contributed by atoms with van der Waals surface area (Å²) >= 11 is 0. The van der Waals surface area contributed by atoms with Crippen molar-refractivity contribution in [1.82, 2.24) is 0 Å². The van der Waals surface area contributed by atoms with E-state index >= 15 is 0 Å². The van der Waals surface area contributed by atoms with Crippen molar-refractivity contribution >= 4 is 0 Å². The first-order valence-corrected chi connectivity index (χ1v) is 2.36. The summed E-state index contributed by atoms with van der Waals surface area (Å²) in [5.74, 6) is 6.74. The largest absolute Gasteiger partial charge is 0.106 e. The fourth-order valence-electron chi connectivity index (χ4n) is 0.432. The van der Waals surface area contributed by atoms with Crippen LogP contribution in [-0.4, -0.2) is 0 Å². The predicted octanol–water partition coefficient (Wildman–Crippen LogP) is 1.42. The maximum absolute atomic E-state index is 3.07. The van der Waals surface area contributed by atoms with E-state index in [1.807, 2.05) is 6.92 Å². The molecule has 0 amide bonds. The third kappa shape index (κ3) is 0.755. The van der Waals surface area contributed by atoms with Crippen molar-refractivity contribution in [3.05, 3.63) is 0 Å². The normalized spacial score (nSPS) is 18.8. The van der Waals surface area contributed by atoms with E-state index in [1.54, 1.807) is 0 Å². The Morgan fingerprint density at radius 1 is 1.50 bits per heavy atom. The van der Waals surface area contributed by atoms with E-state index in [0.29, 0.717) is 0 Å². The van der Waals surface area contributed by atoms with Crippen LogP contribution in [0.2, 0.25) is 0 Å². The standard InChI is InChI=1S/C6H8/c1-2-3-6-4-5-6/h6H,4-5H2,1H3. The summed E-state index contributed by atoms with van der Waals surface area (Å²) in [6.45, 7) is 1.90. The van der Waals surface area contributed by atoms with Gasteiger partial charge in [0.05, 0.1) is 0 Å². The average Bonchev–Trinajstić information content (AvgIpc) is 2.21. The van der Waals surface area contributed by atoms with Crippen LogP contribution in [0.1, 0.15) is 19.8 Å². The lowest BCUT2D eigenvalue weighted by Crippen LogP contribution is -1.56. The maximum atomic E-state index is 3.07. The van der Waals surface area contributed by atoms with Crippen molar-refractivity contribution in [3.63, 3.8) is 0 Å². The van der Waals surface area contributed by atoms with E-state index in [2.05, 4.69) is 11.8 Å². The Morgan fingerprint density at radius 2 is 2.17 bits per heavy atom. The van der Waals surface area contributed by atoms with Gasteiger partial charge in [0.1, 0.15) is 0 Å². The van der Waals surface area contributed by atoms with Gasteiger partial charge in [-0.25, -0.2) is 0 Å². The smallest absolute Gasteiger partial charge is 0.0203 e. The van der Waals surface area contributed by atoms with Crippen LogP contribution in [0.3, 0.4) is 0 Å². The van der Waals surface area contributed by atoms with Crippen LogP contribution in [-0.2, 0) is 0 Å². The van der Waals surface area contributed by atoms with Crippen LogP contribution in [0, 0.1) is 17.8 Å². The number of hydrogen-bond acceptors (Lipinski definition) is 0. The molecule has 1 saturated carbocycles. The molecule has 0 aromatic rings. The fraction of sp³-hybridized carbons (Fsp3) is 0.667. The number of hydrogen-bond donors (Lipinski definition) is 0. The molecular formula is C6H8. The molecule has 0 nitrogen and oxygen atoms in total. The third-order valence-corrected chi connectivity index (χ3v) is 0.926. The van der Waals surface area contributed by atoms with E-state index in [9.17, 15) is 0 Å². The molecule has 0 saturated heterocycles. The van der Waals surface area contributed by atoms with Gasteiger partial charge in [-0.3, -0.25) is 0 Å². The van der Waals surface area contributed by atoms with Crippen molar-refractivity contribution < 1.29 is 0 Å². The monoisotopic (exact) mass is 80.1 g/mol. The molecule has 0 aromatic heterocycles. The van der Waals surface area contributed by atoms with Gasteiger partial charge in [0.15, 0.2) is 0 Å². The molecule has 1 aliphatic carbocycles. The first-order valence-electron chi connectivity index (χ1n) is 2.36. The van der Waals surface area contributed by atoms with Gasteiger partial charge in [0.2, 0.25) is 0 Å². The Balaban J connectivity index is 2.27. The van der Waals surface area contributed by atoms with Crippen molar-refractivity contribution in [2.24, 2.45) is 5.92 Å². The molecule has 1 rings (SSSR count). The van der Waals surface area contributed by atoms with Gasteiger partial charge in [-0.05, 0) is 19.8 Å². The molecule has 0 N–H and O–H groups in total. The lowest BCUT2D eigenvalue weighted by atomic mass is 10.4. The Bertz CT molecular complexity index is 88.3. The second-order valence-electron chi connectivity index (χ2n) is 1.67. The minimum absolute atomic E-state index is 0.787. The van der Waals surface area contributed by atoms with Gasteiger partial charge in [-0.2, -0.15) is 0 Å². The lowest BCUT2D eigenvalue weighted by molar-refractivity contribution is 1.18. The van der Waals surface area contributed by atoms with Crippen LogP contribution in [0.15, 0.2) is 0 Å². The van der Waals surface area contributed by atoms with Crippen LogP contribution in [0.4, 0.5) is 0 Å². The fourth-order valence-corrected chi connectivity index (χ4v) is 0.432. The van der Waals surface area contributed by atoms with Gasteiger partial charge < -0.3 is 0 Å². The van der Waals surface area contributed by atoms with E-state index < -0.39 is 0 Å². The molecule has 0 unspecified atom stereocenters. The van der Waals surface area contributed by atoms with E-state index in [-0.39, 0.29) is 0 Å². The first-order chi connectivity index (χ1) is 2.93. The van der Waals surface area contributed by atoms with E-state index in [0.717, 1.165) is 5.92 Å². The molecule has 1 aliphatic rings. The third-order valence-electron chi connectivity index (χ3n) is 0.926. The average molecular weight is 80.1 g/mol. The minimum atomic E-state index is 0.787. The highest BCUT2D eigenvalue weighted by atomic mass is 14.2. The van der Waals surface area contributed by atoms with Crippen molar-refractivity contribution in [3.8, 4) is 11.8 Å². The van der Waals surface area contributed by atoms with Crippen LogP contribution in [0.5, 0.6) is 0 Å². The molecule has 0 aromatic carbocycles. The molecule has 0 aliphatic heterocycles. The second-order valence-corrected chi connectivity index (χ2v) is 1.67. The Hall–Kier alpha value is -0.440. The van der Waals surface area contributed by atoms with Crippen LogP contribution >= 0.6 is 0 Å². The molecule has 0 spiro atoms. The highest BCUT2D eigenvalue weighted by Gasteiger charge is 2.17. The summed E-state index contributed by atoms with van der Waals surface area (Å²) in [5.41, 5.74) is 0. The summed E-state index contributed by atoms with van der Waals surface area (Å²) in [6.07, 6.45) is 2.70. The summed E-state index contributed by atoms with van der Waals surface area (Å²) in [5, 5.41) is 0. The zero-order chi connectivity index (χ0) is 4.41. The Labute approximate surface area is 38.6 Å². The minimum Gasteiger partial charge on any atom is -0.106 e. The molecular weight excluding hydrogens is 72.1 g/mol. The zero-order valence-electron chi connectivity index (χ0n) is 3.99. The molecule has 0 heteroatoms. The molecule has 0 heterocycles. The summed E-state index contributed by atoms with van der Waals surface area (Å²) in [7, 11) is 0. The summed E-state index contributed by atoms with van der Waals surface area (Å²) in [6, 6.07) is 0. The van der Waals surface area contributed by atoms with Gasteiger partial charge in [0, 0.05) is 5.92 Å². The predicted molar refractivity (Wildman–Crippen MR) is 26.2 cm³/mol. The molecule has 1 fully saturated rings. The Morgan fingerprint density at radius 3 is 2.33 bits per heavy atom. The molecule has 0 bridgehead atoms. The SMILES string of the molecule is CC#CC1CC1. The lowest BCUT2D eigenvalue weighted by Gasteiger charge is -1.62. The molecule has 0 radical (unpaired) electrons. The highest BCUT2D eigenvalue weighted by molar-refractivity contribution is 5.06. The van der Waals surface area contributed by atoms with Crippen molar-refractivity contribution in [2.75, 3.05) is 0 Å². The van der Waals surface area contributed by atoms with Crippen LogP contribution < -0.4 is 0 Å². The Kier molecular flexibility index (Phi) is 0.837. The highest BCUT2D eigenvalue weighted by Crippen LogP contribution is 2.27. The zero-order valence-corrected chi connectivity index (χ0v) is 3.99. The van der Waals surface area contributed by atoms with Crippen LogP contribution in [0.25, 0.3) is 0 Å². The van der Waals surface area contributed by atoms with Gasteiger partial charge >= 0.3 is 0 Å². The molecule has 32 valence electrons. The van der Waals surface area contributed by atoms with Gasteiger partial charge in [0.25, 0.3) is 0 Å². The second kappa shape index (κ2) is 1.34. The number of rotatable bonds is 0. The van der Waals surface area contributed by atoms with Crippen molar-refractivity contribution in [1.29, 1.82) is 0 Å². The molecule has 6 heavy (non-hydrogen) atoms.